The molecule has 1 heterocycles. The number of hydrogen-bond acceptors (Lipinski definition) is 4. The molecule has 0 unspecified atom stereocenters. The number of sulfonamides is 1. The number of hydrogen-bond donors (Lipinski definition) is 1. The molecule has 0 aliphatic heterocycles. The number of benzene rings is 2. The number of aromatic nitrogens is 1. The van der Waals surface area contributed by atoms with Crippen molar-refractivity contribution < 1.29 is 17.9 Å². The van der Waals surface area contributed by atoms with Gasteiger partial charge in [-0.15, -0.1) is 0 Å². The molecule has 0 bridgehead atoms. The highest BCUT2D eigenvalue weighted by Gasteiger charge is 2.26. The fourth-order valence-electron chi connectivity index (χ4n) is 3.61. The van der Waals surface area contributed by atoms with Gasteiger partial charge in [0.1, 0.15) is 10.6 Å². The van der Waals surface area contributed by atoms with Gasteiger partial charge in [0.15, 0.2) is 0 Å². The van der Waals surface area contributed by atoms with Crippen molar-refractivity contribution in [2.24, 2.45) is 0 Å². The number of para-hydroxylation sites is 1. The van der Waals surface area contributed by atoms with Gasteiger partial charge in [0, 0.05) is 43.5 Å². The van der Waals surface area contributed by atoms with Crippen molar-refractivity contribution in [3.63, 3.8) is 0 Å². The van der Waals surface area contributed by atoms with Crippen LogP contribution in [0.2, 0.25) is 0 Å². The Morgan fingerprint density at radius 2 is 1.84 bits per heavy atom. The Kier molecular flexibility index (Phi) is 7.35. The minimum Gasteiger partial charge on any atom is -0.495 e. The van der Waals surface area contributed by atoms with Crippen LogP contribution in [0.25, 0.3) is 10.9 Å². The van der Waals surface area contributed by atoms with Crippen molar-refractivity contribution in [3.05, 3.63) is 60.3 Å². The van der Waals surface area contributed by atoms with E-state index in [1.54, 1.807) is 19.9 Å². The second-order valence-electron chi connectivity index (χ2n) is 7.13. The maximum absolute atomic E-state index is 13.0. The molecule has 0 aliphatic rings. The molecule has 7 nitrogen and oxygen atoms in total. The first kappa shape index (κ1) is 22.8. The molecule has 1 amide bonds. The van der Waals surface area contributed by atoms with Gasteiger partial charge in [0.25, 0.3) is 5.91 Å². The highest BCUT2D eigenvalue weighted by atomic mass is 32.2. The minimum absolute atomic E-state index is 0.00478. The molecule has 0 fully saturated rings. The lowest BCUT2D eigenvalue weighted by atomic mass is 10.2. The fourth-order valence-corrected chi connectivity index (χ4v) is 5.25. The highest BCUT2D eigenvalue weighted by Crippen LogP contribution is 2.28. The largest absolute Gasteiger partial charge is 0.495 e. The summed E-state index contributed by atoms with van der Waals surface area (Å²) in [6.07, 6.45) is 2.80. The van der Waals surface area contributed by atoms with Crippen LogP contribution in [0.3, 0.4) is 0 Å². The maximum Gasteiger partial charge on any atom is 0.251 e. The smallest absolute Gasteiger partial charge is 0.251 e. The monoisotopic (exact) mass is 443 g/mol. The van der Waals surface area contributed by atoms with Crippen LogP contribution in [0, 0.1) is 0 Å². The normalized spacial score (nSPS) is 11.7. The van der Waals surface area contributed by atoms with Crippen LogP contribution < -0.4 is 10.1 Å². The van der Waals surface area contributed by atoms with Gasteiger partial charge < -0.3 is 14.6 Å². The number of rotatable bonds is 10. The summed E-state index contributed by atoms with van der Waals surface area (Å²) in [4.78, 5) is 12.6. The molecule has 0 saturated carbocycles. The summed E-state index contributed by atoms with van der Waals surface area (Å²) in [5.74, 6) is -0.0843. The molecule has 8 heteroatoms. The first-order valence-corrected chi connectivity index (χ1v) is 11.9. The van der Waals surface area contributed by atoms with Crippen LogP contribution >= 0.6 is 0 Å². The first-order valence-electron chi connectivity index (χ1n) is 10.4. The van der Waals surface area contributed by atoms with E-state index in [-0.39, 0.29) is 22.1 Å². The van der Waals surface area contributed by atoms with E-state index in [1.807, 2.05) is 18.3 Å². The molecule has 2 aromatic carbocycles. The lowest BCUT2D eigenvalue weighted by molar-refractivity contribution is 0.0952. The van der Waals surface area contributed by atoms with Gasteiger partial charge in [-0.05, 0) is 42.1 Å². The summed E-state index contributed by atoms with van der Waals surface area (Å²) in [6, 6.07) is 14.7. The summed E-state index contributed by atoms with van der Waals surface area (Å²) in [5, 5.41) is 4.07. The van der Waals surface area contributed by atoms with E-state index in [1.165, 1.54) is 28.9 Å². The van der Waals surface area contributed by atoms with Crippen molar-refractivity contribution in [3.8, 4) is 5.75 Å². The zero-order valence-corrected chi connectivity index (χ0v) is 19.0. The Bertz CT molecular complexity index is 1150. The van der Waals surface area contributed by atoms with Gasteiger partial charge in [-0.25, -0.2) is 8.42 Å². The quantitative estimate of drug-likeness (QED) is 0.486. The number of carbonyl (C=O) groups excluding carboxylic acids is 1. The molecule has 166 valence electrons. The van der Waals surface area contributed by atoms with E-state index >= 15 is 0 Å². The van der Waals surface area contributed by atoms with E-state index < -0.39 is 10.0 Å². The SMILES string of the molecule is CCN(CC)S(=O)(=O)c1cc(C(=O)NCCCn2ccc3ccccc32)ccc1OC. The van der Waals surface area contributed by atoms with E-state index in [9.17, 15) is 13.2 Å². The van der Waals surface area contributed by atoms with Crippen LogP contribution in [-0.2, 0) is 16.6 Å². The molecule has 1 aromatic heterocycles. The molecule has 0 aliphatic carbocycles. The lowest BCUT2D eigenvalue weighted by Gasteiger charge is -2.20. The molecular weight excluding hydrogens is 414 g/mol. The van der Waals surface area contributed by atoms with Crippen LogP contribution in [0.15, 0.2) is 59.6 Å². The molecule has 0 atom stereocenters. The Morgan fingerprint density at radius 1 is 1.10 bits per heavy atom. The third-order valence-electron chi connectivity index (χ3n) is 5.29. The molecule has 3 rings (SSSR count). The number of nitrogens with zero attached hydrogens (tertiary/aromatic N) is 2. The summed E-state index contributed by atoms with van der Waals surface area (Å²) in [5.41, 5.74) is 1.45. The predicted octanol–water partition coefficient (Wildman–Crippen LogP) is 3.50. The fraction of sp³-hybridized carbons (Fsp3) is 0.348. The number of nitrogens with one attached hydrogen (secondary N) is 1. The van der Waals surface area contributed by atoms with Crippen molar-refractivity contribution in [1.29, 1.82) is 0 Å². The minimum atomic E-state index is -3.75. The average molecular weight is 444 g/mol. The number of aryl methyl sites for hydroxylation is 1. The molecule has 0 saturated heterocycles. The van der Waals surface area contributed by atoms with Crippen LogP contribution in [0.5, 0.6) is 5.75 Å². The molecule has 31 heavy (non-hydrogen) atoms. The topological polar surface area (TPSA) is 80.6 Å². The van der Waals surface area contributed by atoms with E-state index in [0.29, 0.717) is 19.6 Å². The zero-order chi connectivity index (χ0) is 22.4. The summed E-state index contributed by atoms with van der Waals surface area (Å²) in [7, 11) is -2.33. The van der Waals surface area contributed by atoms with Crippen molar-refractivity contribution >= 4 is 26.8 Å². The Morgan fingerprint density at radius 3 is 2.55 bits per heavy atom. The average Bonchev–Trinajstić information content (AvgIpc) is 3.20. The number of ether oxygens (including phenoxy) is 1. The van der Waals surface area contributed by atoms with Gasteiger partial charge in [-0.1, -0.05) is 32.0 Å². The van der Waals surface area contributed by atoms with Gasteiger partial charge in [-0.3, -0.25) is 4.79 Å². The zero-order valence-electron chi connectivity index (χ0n) is 18.2. The molecule has 0 spiro atoms. The van der Waals surface area contributed by atoms with Gasteiger partial charge in [0.2, 0.25) is 10.0 Å². The Hall–Kier alpha value is -2.84. The lowest BCUT2D eigenvalue weighted by Crippen LogP contribution is -2.31. The maximum atomic E-state index is 13.0. The van der Waals surface area contributed by atoms with E-state index in [2.05, 4.69) is 28.1 Å². The van der Waals surface area contributed by atoms with Gasteiger partial charge in [0.05, 0.1) is 7.11 Å². The van der Waals surface area contributed by atoms with E-state index in [0.717, 1.165) is 18.5 Å². The standard InChI is InChI=1S/C23H29N3O4S/c1-4-26(5-2)31(28,29)22-17-19(11-12-21(22)30-3)23(27)24-14-8-15-25-16-13-18-9-6-7-10-20(18)25/h6-7,9-13,16-17H,4-5,8,14-15H2,1-3H3,(H,24,27). The number of amides is 1. The third kappa shape index (κ3) is 4.91. The van der Waals surface area contributed by atoms with Crippen molar-refractivity contribution in [2.45, 2.75) is 31.7 Å². The summed E-state index contributed by atoms with van der Waals surface area (Å²) < 4.78 is 34.7. The summed E-state index contributed by atoms with van der Waals surface area (Å²) in [6.45, 7) is 5.49. The van der Waals surface area contributed by atoms with Crippen molar-refractivity contribution in [1.82, 2.24) is 14.2 Å². The molecule has 3 aromatic rings. The first-order chi connectivity index (χ1) is 14.9. The number of methoxy groups -OCH3 is 1. The van der Waals surface area contributed by atoms with Crippen molar-refractivity contribution in [2.75, 3.05) is 26.7 Å². The Labute approximate surface area is 183 Å². The third-order valence-corrected chi connectivity index (χ3v) is 7.36. The summed E-state index contributed by atoms with van der Waals surface area (Å²) >= 11 is 0. The van der Waals surface area contributed by atoms with Crippen LogP contribution in [-0.4, -0.2) is 49.9 Å². The van der Waals surface area contributed by atoms with Crippen LogP contribution in [0.4, 0.5) is 0 Å². The second kappa shape index (κ2) is 9.98. The number of fused-ring (bicyclic) bond motifs is 1. The molecular formula is C23H29N3O4S. The van der Waals surface area contributed by atoms with Gasteiger partial charge in [-0.2, -0.15) is 4.31 Å². The van der Waals surface area contributed by atoms with Gasteiger partial charge >= 0.3 is 0 Å². The second-order valence-corrected chi connectivity index (χ2v) is 9.04. The Balaban J connectivity index is 1.67. The molecule has 1 N–H and O–H groups in total. The van der Waals surface area contributed by atoms with E-state index in [4.69, 9.17) is 4.74 Å². The van der Waals surface area contributed by atoms with Crippen LogP contribution in [0.1, 0.15) is 30.6 Å². The highest BCUT2D eigenvalue weighted by molar-refractivity contribution is 7.89. The number of carbonyl (C=O) groups is 1. The predicted molar refractivity (Wildman–Crippen MR) is 122 cm³/mol. The molecule has 0 radical (unpaired) electrons.